The van der Waals surface area contributed by atoms with E-state index in [0.717, 1.165) is 34.6 Å². The van der Waals surface area contributed by atoms with Gasteiger partial charge < -0.3 is 19.7 Å². The number of carbonyl (C=O) groups excluding carboxylic acids is 2. The molecule has 6 heteroatoms. The van der Waals surface area contributed by atoms with E-state index in [9.17, 15) is 9.59 Å². The van der Waals surface area contributed by atoms with Gasteiger partial charge in [-0.25, -0.2) is 0 Å². The fraction of sp³-hybridized carbons (Fsp3) is 0.440. The van der Waals surface area contributed by atoms with Gasteiger partial charge in [0.15, 0.2) is 11.5 Å². The molecule has 2 amide bonds. The fourth-order valence-electron chi connectivity index (χ4n) is 3.59. The molecule has 0 spiro atoms. The first kappa shape index (κ1) is 22.7. The molecule has 0 saturated carbocycles. The van der Waals surface area contributed by atoms with Gasteiger partial charge in [-0.15, -0.1) is 0 Å². The number of amides is 2. The topological polar surface area (TPSA) is 67.9 Å². The second kappa shape index (κ2) is 10.8. The predicted molar refractivity (Wildman–Crippen MR) is 120 cm³/mol. The van der Waals surface area contributed by atoms with Gasteiger partial charge in [-0.3, -0.25) is 9.59 Å². The number of nitrogens with zero attached hydrogens (tertiary/aromatic N) is 1. The third-order valence-corrected chi connectivity index (χ3v) is 5.55. The molecule has 0 radical (unpaired) electrons. The zero-order valence-corrected chi connectivity index (χ0v) is 18.6. The molecule has 1 heterocycles. The highest BCUT2D eigenvalue weighted by Crippen LogP contribution is 2.31. The Morgan fingerprint density at radius 2 is 1.84 bits per heavy atom. The average molecular weight is 425 g/mol. The van der Waals surface area contributed by atoms with E-state index in [-0.39, 0.29) is 11.8 Å². The molecule has 1 atom stereocenters. The Hall–Kier alpha value is -3.02. The van der Waals surface area contributed by atoms with Gasteiger partial charge in [0.05, 0.1) is 0 Å². The number of benzene rings is 2. The average Bonchev–Trinajstić information content (AvgIpc) is 2.79. The van der Waals surface area contributed by atoms with Crippen molar-refractivity contribution in [2.75, 3.05) is 19.8 Å². The third kappa shape index (κ3) is 6.00. The minimum Gasteiger partial charge on any atom is -0.486 e. The van der Waals surface area contributed by atoms with Crippen LogP contribution in [0.5, 0.6) is 11.5 Å². The summed E-state index contributed by atoms with van der Waals surface area (Å²) in [6.45, 7) is 7.93. The van der Waals surface area contributed by atoms with Crippen molar-refractivity contribution in [1.29, 1.82) is 0 Å². The first-order valence-electron chi connectivity index (χ1n) is 11.0. The Morgan fingerprint density at radius 1 is 1.10 bits per heavy atom. The zero-order chi connectivity index (χ0) is 22.2. The molecule has 2 aromatic carbocycles. The van der Waals surface area contributed by atoms with Crippen molar-refractivity contribution in [3.05, 3.63) is 59.2 Å². The molecule has 0 aliphatic carbocycles. The molecule has 0 fully saturated rings. The van der Waals surface area contributed by atoms with Crippen LogP contribution in [0, 0.1) is 6.92 Å². The summed E-state index contributed by atoms with van der Waals surface area (Å²) < 4.78 is 11.2. The second-order valence-electron chi connectivity index (χ2n) is 7.89. The number of ether oxygens (including phenoxy) is 2. The van der Waals surface area contributed by atoms with E-state index in [1.807, 2.05) is 56.3 Å². The summed E-state index contributed by atoms with van der Waals surface area (Å²) in [5, 5.41) is 2.91. The number of fused-ring (bicyclic) bond motifs is 1. The molecule has 166 valence electrons. The van der Waals surface area contributed by atoms with Gasteiger partial charge in [0.2, 0.25) is 11.8 Å². The van der Waals surface area contributed by atoms with Crippen molar-refractivity contribution >= 4 is 11.8 Å². The van der Waals surface area contributed by atoms with E-state index in [0.29, 0.717) is 39.1 Å². The summed E-state index contributed by atoms with van der Waals surface area (Å²) in [5.74, 6) is 1.30. The Labute approximate surface area is 184 Å². The zero-order valence-electron chi connectivity index (χ0n) is 18.6. The molecule has 0 aromatic heterocycles. The SMILES string of the molecule is CCCNC(=O)[C@H](C)N(Cc1ccccc1C)C(=O)CCc1ccc2c(c1)OCCO2. The van der Waals surface area contributed by atoms with E-state index >= 15 is 0 Å². The third-order valence-electron chi connectivity index (χ3n) is 5.55. The van der Waals surface area contributed by atoms with Gasteiger partial charge >= 0.3 is 0 Å². The standard InChI is InChI=1S/C25H32N2O4/c1-4-13-26-25(29)19(3)27(17-21-8-6-5-7-18(21)2)24(28)12-10-20-9-11-22-23(16-20)31-15-14-30-22/h5-9,11,16,19H,4,10,12-15,17H2,1-3H3,(H,26,29)/t19-/m0/s1. The van der Waals surface area contributed by atoms with Crippen molar-refractivity contribution in [3.63, 3.8) is 0 Å². The van der Waals surface area contributed by atoms with Crippen LogP contribution in [0.4, 0.5) is 0 Å². The minimum absolute atomic E-state index is 0.0442. The van der Waals surface area contributed by atoms with Crippen LogP contribution in [0.3, 0.4) is 0 Å². The Balaban J connectivity index is 1.71. The summed E-state index contributed by atoms with van der Waals surface area (Å²) >= 11 is 0. The molecule has 1 aliphatic heterocycles. The Kier molecular flexibility index (Phi) is 7.93. The van der Waals surface area contributed by atoms with Gasteiger partial charge in [-0.2, -0.15) is 0 Å². The number of hydrogen-bond acceptors (Lipinski definition) is 4. The highest BCUT2D eigenvalue weighted by Gasteiger charge is 2.26. The highest BCUT2D eigenvalue weighted by molar-refractivity contribution is 5.87. The Bertz CT molecular complexity index is 912. The maximum atomic E-state index is 13.2. The molecule has 0 bridgehead atoms. The van der Waals surface area contributed by atoms with Crippen molar-refractivity contribution in [1.82, 2.24) is 10.2 Å². The molecular formula is C25H32N2O4. The monoisotopic (exact) mass is 424 g/mol. The first-order valence-corrected chi connectivity index (χ1v) is 11.0. The Morgan fingerprint density at radius 3 is 2.58 bits per heavy atom. The maximum Gasteiger partial charge on any atom is 0.242 e. The van der Waals surface area contributed by atoms with E-state index in [1.54, 1.807) is 11.8 Å². The number of rotatable bonds is 9. The van der Waals surface area contributed by atoms with Crippen molar-refractivity contribution in [3.8, 4) is 11.5 Å². The molecule has 0 saturated heterocycles. The lowest BCUT2D eigenvalue weighted by molar-refractivity contribution is -0.140. The first-order chi connectivity index (χ1) is 15.0. The van der Waals surface area contributed by atoms with E-state index < -0.39 is 6.04 Å². The van der Waals surface area contributed by atoms with E-state index in [1.165, 1.54) is 0 Å². The fourth-order valence-corrected chi connectivity index (χ4v) is 3.59. The lowest BCUT2D eigenvalue weighted by Gasteiger charge is -2.29. The number of carbonyl (C=O) groups is 2. The smallest absolute Gasteiger partial charge is 0.242 e. The van der Waals surface area contributed by atoms with Crippen molar-refractivity contribution in [2.45, 2.75) is 52.6 Å². The van der Waals surface area contributed by atoms with Crippen LogP contribution < -0.4 is 14.8 Å². The molecule has 31 heavy (non-hydrogen) atoms. The lowest BCUT2D eigenvalue weighted by atomic mass is 10.0. The van der Waals surface area contributed by atoms with Crippen molar-refractivity contribution in [2.24, 2.45) is 0 Å². The van der Waals surface area contributed by atoms with E-state index in [4.69, 9.17) is 9.47 Å². The molecule has 1 aliphatic rings. The largest absolute Gasteiger partial charge is 0.486 e. The predicted octanol–water partition coefficient (Wildman–Crippen LogP) is 3.64. The van der Waals surface area contributed by atoms with Gasteiger partial charge in [0.25, 0.3) is 0 Å². The maximum absolute atomic E-state index is 13.2. The van der Waals surface area contributed by atoms with Crippen LogP contribution in [0.2, 0.25) is 0 Å². The number of hydrogen-bond donors (Lipinski definition) is 1. The molecule has 6 nitrogen and oxygen atoms in total. The molecular weight excluding hydrogens is 392 g/mol. The van der Waals surface area contributed by atoms with Gasteiger partial charge in [-0.1, -0.05) is 37.3 Å². The summed E-state index contributed by atoms with van der Waals surface area (Å²) in [7, 11) is 0. The molecule has 0 unspecified atom stereocenters. The molecule has 3 rings (SSSR count). The molecule has 1 N–H and O–H groups in total. The quantitative estimate of drug-likeness (QED) is 0.667. The van der Waals surface area contributed by atoms with E-state index in [2.05, 4.69) is 5.32 Å². The summed E-state index contributed by atoms with van der Waals surface area (Å²) in [6, 6.07) is 13.2. The van der Waals surface area contributed by atoms with Gasteiger partial charge in [-0.05, 0) is 55.5 Å². The highest BCUT2D eigenvalue weighted by atomic mass is 16.6. The van der Waals surface area contributed by atoms with Crippen LogP contribution in [-0.2, 0) is 22.6 Å². The number of aryl methyl sites for hydroxylation is 2. The van der Waals surface area contributed by atoms with Gasteiger partial charge in [0.1, 0.15) is 19.3 Å². The van der Waals surface area contributed by atoms with Crippen LogP contribution >= 0.6 is 0 Å². The molecule has 2 aromatic rings. The second-order valence-corrected chi connectivity index (χ2v) is 7.89. The van der Waals surface area contributed by atoms with Crippen LogP contribution in [0.1, 0.15) is 43.4 Å². The van der Waals surface area contributed by atoms with Crippen LogP contribution in [0.25, 0.3) is 0 Å². The summed E-state index contributed by atoms with van der Waals surface area (Å²) in [4.78, 5) is 27.5. The van der Waals surface area contributed by atoms with Gasteiger partial charge in [0, 0.05) is 19.5 Å². The minimum atomic E-state index is -0.543. The summed E-state index contributed by atoms with van der Waals surface area (Å²) in [5.41, 5.74) is 3.16. The number of nitrogens with one attached hydrogen (secondary N) is 1. The van der Waals surface area contributed by atoms with Crippen LogP contribution in [0.15, 0.2) is 42.5 Å². The normalized spacial score (nSPS) is 13.4. The van der Waals surface area contributed by atoms with Crippen LogP contribution in [-0.4, -0.2) is 42.5 Å². The summed E-state index contributed by atoms with van der Waals surface area (Å²) in [6.07, 6.45) is 1.74. The lowest BCUT2D eigenvalue weighted by Crippen LogP contribution is -2.47. The van der Waals surface area contributed by atoms with Crippen molar-refractivity contribution < 1.29 is 19.1 Å².